The van der Waals surface area contributed by atoms with Crippen molar-refractivity contribution < 1.29 is 8.81 Å². The van der Waals surface area contributed by atoms with Gasteiger partial charge in [0.2, 0.25) is 5.89 Å². The van der Waals surface area contributed by atoms with Crippen LogP contribution >= 0.6 is 23.8 Å². The van der Waals surface area contributed by atoms with Gasteiger partial charge in [-0.3, -0.25) is 0 Å². The van der Waals surface area contributed by atoms with Gasteiger partial charge in [-0.05, 0) is 36.5 Å². The molecule has 0 saturated heterocycles. The van der Waals surface area contributed by atoms with Crippen molar-refractivity contribution in [2.24, 2.45) is 0 Å². The van der Waals surface area contributed by atoms with Crippen LogP contribution in [0.1, 0.15) is 0 Å². The molecule has 0 bridgehead atoms. The highest BCUT2D eigenvalue weighted by molar-refractivity contribution is 7.71. The molecule has 3 aromatic rings. The predicted octanol–water partition coefficient (Wildman–Crippen LogP) is 4.73. The summed E-state index contributed by atoms with van der Waals surface area (Å²) in [5.74, 6) is -0.0187. The molecule has 2 aromatic carbocycles. The molecule has 0 atom stereocenters. The summed E-state index contributed by atoms with van der Waals surface area (Å²) >= 11 is 11.2. The Kier molecular flexibility index (Phi) is 4.22. The molecule has 4 nitrogen and oxygen atoms in total. The van der Waals surface area contributed by atoms with Crippen LogP contribution in [0.5, 0.6) is 0 Å². The van der Waals surface area contributed by atoms with Gasteiger partial charge < -0.3 is 9.73 Å². The van der Waals surface area contributed by atoms with Crippen LogP contribution in [0.4, 0.5) is 10.1 Å². The average Bonchev–Trinajstić information content (AvgIpc) is 2.88. The summed E-state index contributed by atoms with van der Waals surface area (Å²) in [6.07, 6.45) is 0. The molecule has 1 aromatic heterocycles. The largest absolute Gasteiger partial charge is 0.409 e. The van der Waals surface area contributed by atoms with Gasteiger partial charge >= 0.3 is 0 Å². The van der Waals surface area contributed by atoms with Gasteiger partial charge in [-0.2, -0.15) is 0 Å². The van der Waals surface area contributed by atoms with Crippen molar-refractivity contribution in [2.45, 2.75) is 6.67 Å². The van der Waals surface area contributed by atoms with Crippen LogP contribution in [0.15, 0.2) is 52.9 Å². The van der Waals surface area contributed by atoms with Crippen molar-refractivity contribution in [3.05, 3.63) is 64.2 Å². The normalized spacial score (nSPS) is 10.6. The standard InChI is InChI=1S/C15H11ClFN3OS/c16-11-6-2-1-5-10(11)14-19-20(15(22)21-14)9-18-13-8-4-3-7-12(13)17/h1-8,18H,9H2. The second kappa shape index (κ2) is 6.29. The maximum Gasteiger partial charge on any atom is 0.289 e. The van der Waals surface area contributed by atoms with Crippen LogP contribution in [-0.4, -0.2) is 9.78 Å². The van der Waals surface area contributed by atoms with Crippen molar-refractivity contribution in [1.29, 1.82) is 0 Å². The molecule has 22 heavy (non-hydrogen) atoms. The number of hydrogen-bond donors (Lipinski definition) is 1. The molecule has 0 aliphatic carbocycles. The molecule has 0 spiro atoms. The lowest BCUT2D eigenvalue weighted by Gasteiger charge is -2.06. The Bertz CT molecular complexity index is 862. The summed E-state index contributed by atoms with van der Waals surface area (Å²) < 4.78 is 20.4. The molecule has 0 saturated carbocycles. The minimum Gasteiger partial charge on any atom is -0.409 e. The first-order chi connectivity index (χ1) is 10.6. The van der Waals surface area contributed by atoms with Crippen molar-refractivity contribution in [3.8, 4) is 11.5 Å². The molecular weight excluding hydrogens is 325 g/mol. The third kappa shape index (κ3) is 3.03. The van der Waals surface area contributed by atoms with Gasteiger partial charge in [-0.1, -0.05) is 35.9 Å². The topological polar surface area (TPSA) is 43.0 Å². The second-order valence-corrected chi connectivity index (χ2v) is 5.22. The van der Waals surface area contributed by atoms with Gasteiger partial charge in [0.15, 0.2) is 0 Å². The number of aromatic nitrogens is 2. The number of para-hydroxylation sites is 1. The summed E-state index contributed by atoms with van der Waals surface area (Å²) in [5, 5.41) is 7.70. The molecule has 0 aliphatic heterocycles. The van der Waals surface area contributed by atoms with Crippen molar-refractivity contribution in [2.75, 3.05) is 5.32 Å². The number of hydrogen-bond acceptors (Lipinski definition) is 4. The van der Waals surface area contributed by atoms with E-state index >= 15 is 0 Å². The number of rotatable bonds is 4. The molecule has 0 radical (unpaired) electrons. The van der Waals surface area contributed by atoms with E-state index in [-0.39, 0.29) is 17.3 Å². The van der Waals surface area contributed by atoms with Crippen molar-refractivity contribution in [1.82, 2.24) is 9.78 Å². The lowest BCUT2D eigenvalue weighted by Crippen LogP contribution is -2.10. The third-order valence-electron chi connectivity index (χ3n) is 3.00. The van der Waals surface area contributed by atoms with Crippen LogP contribution in [0.2, 0.25) is 5.02 Å². The highest BCUT2D eigenvalue weighted by Gasteiger charge is 2.11. The molecule has 1 heterocycles. The smallest absolute Gasteiger partial charge is 0.289 e. The lowest BCUT2D eigenvalue weighted by atomic mass is 10.2. The fourth-order valence-electron chi connectivity index (χ4n) is 1.91. The summed E-state index contributed by atoms with van der Waals surface area (Å²) in [6.45, 7) is 0.188. The molecule has 0 unspecified atom stereocenters. The number of anilines is 1. The fraction of sp³-hybridized carbons (Fsp3) is 0.0667. The number of benzene rings is 2. The summed E-state index contributed by atoms with van der Waals surface area (Å²) in [6, 6.07) is 13.5. The monoisotopic (exact) mass is 335 g/mol. The van der Waals surface area contributed by atoms with E-state index in [0.29, 0.717) is 22.2 Å². The highest BCUT2D eigenvalue weighted by atomic mass is 35.5. The van der Waals surface area contributed by atoms with Crippen LogP contribution in [0.3, 0.4) is 0 Å². The first kappa shape index (κ1) is 14.7. The molecule has 3 rings (SSSR count). The maximum absolute atomic E-state index is 13.6. The average molecular weight is 336 g/mol. The van der Waals surface area contributed by atoms with E-state index in [0.717, 1.165) is 0 Å². The van der Waals surface area contributed by atoms with Crippen LogP contribution in [-0.2, 0) is 6.67 Å². The molecule has 0 amide bonds. The van der Waals surface area contributed by atoms with Crippen molar-refractivity contribution >= 4 is 29.5 Å². The van der Waals surface area contributed by atoms with E-state index in [9.17, 15) is 4.39 Å². The van der Waals surface area contributed by atoms with Gasteiger partial charge in [0.05, 0.1) is 16.3 Å². The predicted molar refractivity (Wildman–Crippen MR) is 85.8 cm³/mol. The number of nitrogens with zero attached hydrogens (tertiary/aromatic N) is 2. The Morgan fingerprint density at radius 3 is 2.68 bits per heavy atom. The molecule has 112 valence electrons. The van der Waals surface area contributed by atoms with E-state index in [2.05, 4.69) is 10.4 Å². The first-order valence-corrected chi connectivity index (χ1v) is 7.25. The van der Waals surface area contributed by atoms with E-state index < -0.39 is 0 Å². The van der Waals surface area contributed by atoms with Gasteiger partial charge in [-0.15, -0.1) is 5.10 Å². The Balaban J connectivity index is 1.83. The van der Waals surface area contributed by atoms with Crippen LogP contribution in [0, 0.1) is 10.7 Å². The van der Waals surface area contributed by atoms with E-state index in [1.807, 2.05) is 12.1 Å². The zero-order chi connectivity index (χ0) is 15.5. The van der Waals surface area contributed by atoms with E-state index in [1.54, 1.807) is 30.3 Å². The summed E-state index contributed by atoms with van der Waals surface area (Å²) in [4.78, 5) is 0.179. The van der Waals surface area contributed by atoms with E-state index in [4.69, 9.17) is 28.2 Å². The summed E-state index contributed by atoms with van der Waals surface area (Å²) in [5.41, 5.74) is 1.02. The molecule has 0 aliphatic rings. The van der Waals surface area contributed by atoms with Gasteiger partial charge in [0.25, 0.3) is 4.84 Å². The SMILES string of the molecule is Fc1ccccc1NCn1nc(-c2ccccc2Cl)oc1=S. The number of nitrogens with one attached hydrogen (secondary N) is 1. The van der Waals surface area contributed by atoms with Gasteiger partial charge in [0, 0.05) is 0 Å². The summed E-state index contributed by atoms with van der Waals surface area (Å²) in [7, 11) is 0. The molecule has 1 N–H and O–H groups in total. The minimum absolute atomic E-state index is 0.179. The van der Waals surface area contributed by atoms with E-state index in [1.165, 1.54) is 10.7 Å². The Hall–Kier alpha value is -2.18. The fourth-order valence-corrected chi connectivity index (χ4v) is 2.32. The zero-order valence-corrected chi connectivity index (χ0v) is 12.9. The van der Waals surface area contributed by atoms with Gasteiger partial charge in [-0.25, -0.2) is 9.07 Å². The Labute approximate surface area is 136 Å². The minimum atomic E-state index is -0.344. The first-order valence-electron chi connectivity index (χ1n) is 6.46. The zero-order valence-electron chi connectivity index (χ0n) is 11.3. The quantitative estimate of drug-likeness (QED) is 0.700. The number of halogens is 2. The van der Waals surface area contributed by atoms with Crippen LogP contribution in [0.25, 0.3) is 11.5 Å². The van der Waals surface area contributed by atoms with Crippen LogP contribution < -0.4 is 5.32 Å². The Morgan fingerprint density at radius 1 is 1.18 bits per heavy atom. The maximum atomic E-state index is 13.6. The molecule has 0 fully saturated rings. The highest BCUT2D eigenvalue weighted by Crippen LogP contribution is 2.26. The second-order valence-electron chi connectivity index (χ2n) is 4.47. The third-order valence-corrected chi connectivity index (χ3v) is 3.63. The Morgan fingerprint density at radius 2 is 1.91 bits per heavy atom. The molecular formula is C15H11ClFN3OS. The molecule has 7 heteroatoms. The van der Waals surface area contributed by atoms with Gasteiger partial charge in [0.1, 0.15) is 12.5 Å². The lowest BCUT2D eigenvalue weighted by molar-refractivity contribution is 0.521. The van der Waals surface area contributed by atoms with Crippen molar-refractivity contribution in [3.63, 3.8) is 0 Å².